The van der Waals surface area contributed by atoms with Gasteiger partial charge in [0.25, 0.3) is 0 Å². The van der Waals surface area contributed by atoms with Crippen LogP contribution in [0.3, 0.4) is 0 Å². The fraction of sp³-hybridized carbons (Fsp3) is 0.409. The van der Waals surface area contributed by atoms with Gasteiger partial charge in [0.15, 0.2) is 0 Å². The maximum atomic E-state index is 12.4. The van der Waals surface area contributed by atoms with E-state index in [9.17, 15) is 4.79 Å². The zero-order chi connectivity index (χ0) is 19.8. The molecule has 1 aliphatic rings. The molecule has 150 valence electrons. The molecule has 28 heavy (non-hydrogen) atoms. The van der Waals surface area contributed by atoms with Crippen molar-refractivity contribution in [3.63, 3.8) is 0 Å². The molecule has 1 aliphatic heterocycles. The number of hydrogen-bond donors (Lipinski definition) is 2. The van der Waals surface area contributed by atoms with Crippen LogP contribution in [0.1, 0.15) is 24.8 Å². The Bertz CT molecular complexity index is 777. The SMILES string of the molecule is COc1ccc(Cl)cc1NCCC(=O)NCC1(c2ccccc2)CCOCC1. The number of ether oxygens (including phenoxy) is 2. The third kappa shape index (κ3) is 5.18. The van der Waals surface area contributed by atoms with Crippen molar-refractivity contribution in [2.24, 2.45) is 0 Å². The summed E-state index contributed by atoms with van der Waals surface area (Å²) in [5.74, 6) is 0.727. The molecule has 0 atom stereocenters. The van der Waals surface area contributed by atoms with Gasteiger partial charge >= 0.3 is 0 Å². The third-order valence-corrected chi connectivity index (χ3v) is 5.52. The van der Waals surface area contributed by atoms with E-state index in [1.165, 1.54) is 5.56 Å². The normalized spacial score (nSPS) is 15.6. The van der Waals surface area contributed by atoms with Crippen molar-refractivity contribution in [1.82, 2.24) is 5.32 Å². The second-order valence-corrected chi connectivity index (χ2v) is 7.49. The Kier molecular flexibility index (Phi) is 7.18. The highest BCUT2D eigenvalue weighted by atomic mass is 35.5. The molecule has 2 aromatic carbocycles. The first-order valence-corrected chi connectivity index (χ1v) is 9.98. The number of carbonyl (C=O) groups excluding carboxylic acids is 1. The van der Waals surface area contributed by atoms with E-state index >= 15 is 0 Å². The molecule has 0 aliphatic carbocycles. The standard InChI is InChI=1S/C22H27ClN2O3/c1-27-20-8-7-18(23)15-19(20)24-12-9-21(26)25-16-22(10-13-28-14-11-22)17-5-3-2-4-6-17/h2-8,15,24H,9-14,16H2,1H3,(H,25,26). The molecule has 3 rings (SSSR count). The Morgan fingerprint density at radius 2 is 1.93 bits per heavy atom. The van der Waals surface area contributed by atoms with Gasteiger partial charge in [-0.25, -0.2) is 0 Å². The van der Waals surface area contributed by atoms with E-state index in [1.54, 1.807) is 25.3 Å². The molecule has 0 spiro atoms. The molecule has 1 heterocycles. The van der Waals surface area contributed by atoms with Crippen LogP contribution in [-0.2, 0) is 14.9 Å². The predicted molar refractivity (Wildman–Crippen MR) is 112 cm³/mol. The summed E-state index contributed by atoms with van der Waals surface area (Å²) in [7, 11) is 1.61. The number of anilines is 1. The summed E-state index contributed by atoms with van der Waals surface area (Å²) in [4.78, 5) is 12.4. The molecule has 6 heteroatoms. The molecule has 1 saturated heterocycles. The van der Waals surface area contributed by atoms with Crippen LogP contribution >= 0.6 is 11.6 Å². The van der Waals surface area contributed by atoms with E-state index in [4.69, 9.17) is 21.1 Å². The van der Waals surface area contributed by atoms with E-state index in [0.717, 1.165) is 31.7 Å². The molecule has 0 unspecified atom stereocenters. The lowest BCUT2D eigenvalue weighted by Gasteiger charge is -2.38. The number of benzene rings is 2. The van der Waals surface area contributed by atoms with Gasteiger partial charge in [-0.1, -0.05) is 41.9 Å². The zero-order valence-corrected chi connectivity index (χ0v) is 16.9. The first kappa shape index (κ1) is 20.5. The van der Waals surface area contributed by atoms with Crippen molar-refractivity contribution in [2.45, 2.75) is 24.7 Å². The monoisotopic (exact) mass is 402 g/mol. The van der Waals surface area contributed by atoms with Crippen LogP contribution < -0.4 is 15.4 Å². The first-order chi connectivity index (χ1) is 13.6. The number of carbonyl (C=O) groups is 1. The second-order valence-electron chi connectivity index (χ2n) is 7.06. The minimum Gasteiger partial charge on any atom is -0.495 e. The summed E-state index contributed by atoms with van der Waals surface area (Å²) < 4.78 is 10.9. The highest BCUT2D eigenvalue weighted by Crippen LogP contribution is 2.34. The smallest absolute Gasteiger partial charge is 0.221 e. The molecule has 0 radical (unpaired) electrons. The molecule has 1 fully saturated rings. The highest BCUT2D eigenvalue weighted by Gasteiger charge is 2.34. The molecule has 2 N–H and O–H groups in total. The molecular formula is C22H27ClN2O3. The Morgan fingerprint density at radius 1 is 1.18 bits per heavy atom. The van der Waals surface area contributed by atoms with Gasteiger partial charge in [0.05, 0.1) is 12.8 Å². The van der Waals surface area contributed by atoms with Gasteiger partial charge in [-0.05, 0) is 36.6 Å². The first-order valence-electron chi connectivity index (χ1n) is 9.60. The Balaban J connectivity index is 1.54. The van der Waals surface area contributed by atoms with Gasteiger partial charge in [0, 0.05) is 43.2 Å². The Hall–Kier alpha value is -2.24. The quantitative estimate of drug-likeness (QED) is 0.700. The summed E-state index contributed by atoms with van der Waals surface area (Å²) in [6, 6.07) is 15.8. The number of hydrogen-bond acceptors (Lipinski definition) is 4. The lowest BCUT2D eigenvalue weighted by molar-refractivity contribution is -0.121. The average molecular weight is 403 g/mol. The van der Waals surface area contributed by atoms with E-state index in [0.29, 0.717) is 30.3 Å². The lowest BCUT2D eigenvalue weighted by Crippen LogP contribution is -2.44. The van der Waals surface area contributed by atoms with E-state index < -0.39 is 0 Å². The summed E-state index contributed by atoms with van der Waals surface area (Å²) >= 11 is 6.04. The van der Waals surface area contributed by atoms with Gasteiger partial charge in [0.1, 0.15) is 5.75 Å². The van der Waals surface area contributed by atoms with Crippen molar-refractivity contribution in [2.75, 3.05) is 38.7 Å². The van der Waals surface area contributed by atoms with Gasteiger partial charge in [-0.3, -0.25) is 4.79 Å². The predicted octanol–water partition coefficient (Wildman–Crippen LogP) is 4.02. The van der Waals surface area contributed by atoms with E-state index in [2.05, 4.69) is 34.9 Å². The van der Waals surface area contributed by atoms with Crippen molar-refractivity contribution < 1.29 is 14.3 Å². The maximum Gasteiger partial charge on any atom is 0.221 e. The molecule has 0 bridgehead atoms. The van der Waals surface area contributed by atoms with Crippen LogP contribution in [0.2, 0.25) is 5.02 Å². The van der Waals surface area contributed by atoms with Crippen molar-refractivity contribution in [3.05, 3.63) is 59.1 Å². The van der Waals surface area contributed by atoms with Crippen molar-refractivity contribution >= 4 is 23.2 Å². The molecule has 0 aromatic heterocycles. The minimum atomic E-state index is -0.0568. The number of nitrogens with one attached hydrogen (secondary N) is 2. The number of methoxy groups -OCH3 is 1. The van der Waals surface area contributed by atoms with Gasteiger partial charge in [-0.15, -0.1) is 0 Å². The third-order valence-electron chi connectivity index (χ3n) is 5.29. The van der Waals surface area contributed by atoms with Crippen LogP contribution in [0.25, 0.3) is 0 Å². The fourth-order valence-corrected chi connectivity index (χ4v) is 3.78. The Labute approximate surface area is 171 Å². The van der Waals surface area contributed by atoms with E-state index in [-0.39, 0.29) is 11.3 Å². The van der Waals surface area contributed by atoms with Gasteiger partial charge in [0.2, 0.25) is 5.91 Å². The van der Waals surface area contributed by atoms with Crippen LogP contribution in [0.4, 0.5) is 5.69 Å². The zero-order valence-electron chi connectivity index (χ0n) is 16.2. The summed E-state index contributed by atoms with van der Waals surface area (Å²) in [6.45, 7) is 2.57. The van der Waals surface area contributed by atoms with Crippen LogP contribution in [0.15, 0.2) is 48.5 Å². The van der Waals surface area contributed by atoms with Crippen molar-refractivity contribution in [3.8, 4) is 5.75 Å². The summed E-state index contributed by atoms with van der Waals surface area (Å²) in [6.07, 6.45) is 2.20. The number of rotatable bonds is 8. The van der Waals surface area contributed by atoms with Crippen molar-refractivity contribution in [1.29, 1.82) is 0 Å². The van der Waals surface area contributed by atoms with Gasteiger partial charge in [-0.2, -0.15) is 0 Å². The second kappa shape index (κ2) is 9.80. The topological polar surface area (TPSA) is 59.6 Å². The molecule has 2 aromatic rings. The maximum absolute atomic E-state index is 12.4. The van der Waals surface area contributed by atoms with Gasteiger partial charge < -0.3 is 20.1 Å². The minimum absolute atomic E-state index is 0.0234. The molecular weight excluding hydrogens is 376 g/mol. The lowest BCUT2D eigenvalue weighted by atomic mass is 9.74. The highest BCUT2D eigenvalue weighted by molar-refractivity contribution is 6.30. The fourth-order valence-electron chi connectivity index (χ4n) is 3.61. The van der Waals surface area contributed by atoms with Crippen LogP contribution in [0.5, 0.6) is 5.75 Å². The largest absolute Gasteiger partial charge is 0.495 e. The van der Waals surface area contributed by atoms with E-state index in [1.807, 2.05) is 6.07 Å². The summed E-state index contributed by atoms with van der Waals surface area (Å²) in [5.41, 5.74) is 1.99. The molecule has 0 saturated carbocycles. The average Bonchev–Trinajstić information content (AvgIpc) is 2.74. The molecule has 1 amide bonds. The summed E-state index contributed by atoms with van der Waals surface area (Å²) in [5, 5.41) is 6.97. The molecule has 5 nitrogen and oxygen atoms in total. The van der Waals surface area contributed by atoms with Crippen LogP contribution in [-0.4, -0.2) is 39.3 Å². The number of halogens is 1. The van der Waals surface area contributed by atoms with Crippen LogP contribution in [0, 0.1) is 0 Å². The Morgan fingerprint density at radius 3 is 2.64 bits per heavy atom. The number of amides is 1.